The lowest BCUT2D eigenvalue weighted by Gasteiger charge is -2.28. The Kier molecular flexibility index (Phi) is 4.64. The van der Waals surface area contributed by atoms with Crippen LogP contribution in [-0.2, 0) is 17.8 Å². The van der Waals surface area contributed by atoms with E-state index in [0.717, 1.165) is 16.8 Å². The Bertz CT molecular complexity index is 1240. The quantitative estimate of drug-likeness (QED) is 0.673. The van der Waals surface area contributed by atoms with Gasteiger partial charge in [0.05, 0.1) is 12.1 Å². The lowest BCUT2D eigenvalue weighted by Crippen LogP contribution is -2.39. The molecule has 2 aliphatic rings. The van der Waals surface area contributed by atoms with Gasteiger partial charge in [-0.15, -0.1) is 0 Å². The fourth-order valence-corrected chi connectivity index (χ4v) is 4.19. The summed E-state index contributed by atoms with van der Waals surface area (Å²) < 4.78 is 10.6. The average molecular weight is 426 g/mol. The van der Waals surface area contributed by atoms with Crippen LogP contribution in [0.5, 0.6) is 11.5 Å². The second-order valence-corrected chi connectivity index (χ2v) is 7.99. The van der Waals surface area contributed by atoms with E-state index in [9.17, 15) is 9.59 Å². The molecular formula is C22H20ClN3O4. The number of aromatic nitrogens is 1. The number of carbonyl (C=O) groups is 1. The molecule has 2 aliphatic heterocycles. The van der Waals surface area contributed by atoms with Gasteiger partial charge in [-0.2, -0.15) is 0 Å². The third-order valence-electron chi connectivity index (χ3n) is 5.64. The molecule has 1 amide bonds. The summed E-state index contributed by atoms with van der Waals surface area (Å²) in [6, 6.07) is 8.81. The second kappa shape index (κ2) is 7.34. The molecule has 0 spiro atoms. The molecule has 0 bridgehead atoms. The minimum atomic E-state index is -0.142. The van der Waals surface area contributed by atoms with Crippen molar-refractivity contribution in [1.82, 2.24) is 9.88 Å². The molecule has 0 unspecified atom stereocenters. The lowest BCUT2D eigenvalue weighted by atomic mass is 10.0. The van der Waals surface area contributed by atoms with Gasteiger partial charge in [-0.05, 0) is 36.8 Å². The van der Waals surface area contributed by atoms with Crippen molar-refractivity contribution < 1.29 is 14.3 Å². The highest BCUT2D eigenvalue weighted by molar-refractivity contribution is 6.32. The number of ether oxygens (including phenoxy) is 2. The summed E-state index contributed by atoms with van der Waals surface area (Å²) in [5, 5.41) is 4.15. The average Bonchev–Trinajstić information content (AvgIpc) is 3.19. The number of H-pyrrole nitrogens is 1. The summed E-state index contributed by atoms with van der Waals surface area (Å²) in [5.41, 5.74) is 3.95. The van der Waals surface area contributed by atoms with Gasteiger partial charge >= 0.3 is 0 Å². The van der Waals surface area contributed by atoms with Crippen LogP contribution in [-0.4, -0.2) is 35.7 Å². The van der Waals surface area contributed by atoms with E-state index in [2.05, 4.69) is 10.3 Å². The maximum Gasteiger partial charge on any atom is 0.238 e. The van der Waals surface area contributed by atoms with E-state index in [-0.39, 0.29) is 24.7 Å². The van der Waals surface area contributed by atoms with Gasteiger partial charge < -0.3 is 19.8 Å². The summed E-state index contributed by atoms with van der Waals surface area (Å²) in [6.07, 6.45) is 0.670. The van der Waals surface area contributed by atoms with Gasteiger partial charge in [0.2, 0.25) is 12.7 Å². The van der Waals surface area contributed by atoms with Crippen molar-refractivity contribution in [2.24, 2.45) is 0 Å². The highest BCUT2D eigenvalue weighted by atomic mass is 35.5. The topological polar surface area (TPSA) is 83.7 Å². The number of amides is 1. The van der Waals surface area contributed by atoms with Crippen molar-refractivity contribution in [1.29, 1.82) is 0 Å². The van der Waals surface area contributed by atoms with Crippen LogP contribution in [0.3, 0.4) is 0 Å². The molecule has 1 aromatic heterocycles. The molecule has 8 heteroatoms. The number of rotatable bonds is 3. The Morgan fingerprint density at radius 1 is 1.23 bits per heavy atom. The Morgan fingerprint density at radius 3 is 2.93 bits per heavy atom. The Balaban J connectivity index is 1.33. The van der Waals surface area contributed by atoms with Gasteiger partial charge in [0, 0.05) is 52.9 Å². The number of nitrogens with one attached hydrogen (secondary N) is 2. The number of pyridine rings is 1. The molecule has 2 aromatic carbocycles. The summed E-state index contributed by atoms with van der Waals surface area (Å²) in [7, 11) is 0. The van der Waals surface area contributed by atoms with Crippen LogP contribution in [0.25, 0.3) is 10.9 Å². The van der Waals surface area contributed by atoms with E-state index in [0.29, 0.717) is 52.7 Å². The first-order valence-electron chi connectivity index (χ1n) is 9.74. The molecule has 5 rings (SSSR count). The van der Waals surface area contributed by atoms with E-state index >= 15 is 0 Å². The predicted molar refractivity (Wildman–Crippen MR) is 114 cm³/mol. The number of benzene rings is 2. The minimum absolute atomic E-state index is 0.000559. The molecule has 0 radical (unpaired) electrons. The number of halogens is 1. The van der Waals surface area contributed by atoms with Crippen LogP contribution >= 0.6 is 11.6 Å². The fourth-order valence-electron chi connectivity index (χ4n) is 4.03. The molecule has 3 heterocycles. The number of aromatic amines is 1. The molecule has 0 fully saturated rings. The van der Waals surface area contributed by atoms with E-state index in [1.807, 2.05) is 11.8 Å². The maximum atomic E-state index is 13.1. The SMILES string of the molecule is Cc1c(Cl)ccc2c(=O)c3c([nH]c12)CCN(CC(=O)Nc1ccc2c(c1)OCO2)C3. The first kappa shape index (κ1) is 19.0. The van der Waals surface area contributed by atoms with Gasteiger partial charge in [0.25, 0.3) is 0 Å². The zero-order valence-corrected chi connectivity index (χ0v) is 17.1. The van der Waals surface area contributed by atoms with Crippen LogP contribution < -0.4 is 20.2 Å². The largest absolute Gasteiger partial charge is 0.454 e. The maximum absolute atomic E-state index is 13.1. The van der Waals surface area contributed by atoms with Crippen LogP contribution in [0.1, 0.15) is 16.8 Å². The summed E-state index contributed by atoms with van der Waals surface area (Å²) in [4.78, 5) is 31.0. The van der Waals surface area contributed by atoms with Gasteiger partial charge in [-0.1, -0.05) is 11.6 Å². The smallest absolute Gasteiger partial charge is 0.238 e. The third-order valence-corrected chi connectivity index (χ3v) is 6.05. The number of anilines is 1. The number of fused-ring (bicyclic) bond motifs is 3. The number of carbonyl (C=O) groups excluding carboxylic acids is 1. The first-order valence-corrected chi connectivity index (χ1v) is 10.1. The van der Waals surface area contributed by atoms with Gasteiger partial charge in [0.1, 0.15) is 0 Å². The van der Waals surface area contributed by atoms with Gasteiger partial charge in [-0.25, -0.2) is 0 Å². The minimum Gasteiger partial charge on any atom is -0.454 e. The van der Waals surface area contributed by atoms with Crippen molar-refractivity contribution in [3.8, 4) is 11.5 Å². The summed E-state index contributed by atoms with van der Waals surface area (Å²) in [6.45, 7) is 3.40. The van der Waals surface area contributed by atoms with Crippen LogP contribution in [0.4, 0.5) is 5.69 Å². The molecule has 2 N–H and O–H groups in total. The second-order valence-electron chi connectivity index (χ2n) is 7.58. The van der Waals surface area contributed by atoms with Gasteiger partial charge in [-0.3, -0.25) is 14.5 Å². The van der Waals surface area contributed by atoms with E-state index in [1.54, 1.807) is 30.3 Å². The molecule has 0 saturated carbocycles. The summed E-state index contributed by atoms with van der Waals surface area (Å²) >= 11 is 6.21. The van der Waals surface area contributed by atoms with Crippen molar-refractivity contribution in [2.45, 2.75) is 19.9 Å². The Labute approximate surface area is 177 Å². The molecule has 0 aliphatic carbocycles. The van der Waals surface area contributed by atoms with Crippen molar-refractivity contribution in [3.05, 3.63) is 62.4 Å². The number of aryl methyl sites for hydroxylation is 1. The molecule has 30 heavy (non-hydrogen) atoms. The third kappa shape index (κ3) is 3.30. The Morgan fingerprint density at radius 2 is 2.07 bits per heavy atom. The van der Waals surface area contributed by atoms with E-state index in [4.69, 9.17) is 21.1 Å². The zero-order valence-electron chi connectivity index (χ0n) is 16.4. The number of nitrogens with zero attached hydrogens (tertiary/aromatic N) is 1. The highest BCUT2D eigenvalue weighted by Crippen LogP contribution is 2.34. The molecule has 154 valence electrons. The molecule has 0 saturated heterocycles. The molecule has 0 atom stereocenters. The highest BCUT2D eigenvalue weighted by Gasteiger charge is 2.23. The number of hydrogen-bond donors (Lipinski definition) is 2. The molecule has 7 nitrogen and oxygen atoms in total. The normalized spacial score (nSPS) is 15.3. The lowest BCUT2D eigenvalue weighted by molar-refractivity contribution is -0.117. The van der Waals surface area contributed by atoms with E-state index < -0.39 is 0 Å². The zero-order chi connectivity index (χ0) is 20.8. The standard InChI is InChI=1S/C22H20ClN3O4/c1-12-16(23)4-3-14-21(12)25-17-6-7-26(9-15(17)22(14)28)10-20(27)24-13-2-5-18-19(8-13)30-11-29-18/h2-5,8H,6-7,9-11H2,1H3,(H,24,27)(H,25,28). The molecular weight excluding hydrogens is 406 g/mol. The summed E-state index contributed by atoms with van der Waals surface area (Å²) in [5.74, 6) is 1.15. The number of hydrogen-bond acceptors (Lipinski definition) is 5. The van der Waals surface area contributed by atoms with Crippen molar-refractivity contribution >= 4 is 34.1 Å². The fraction of sp³-hybridized carbons (Fsp3) is 0.273. The van der Waals surface area contributed by atoms with Crippen LogP contribution in [0.15, 0.2) is 35.1 Å². The van der Waals surface area contributed by atoms with Crippen LogP contribution in [0, 0.1) is 6.92 Å². The first-order chi connectivity index (χ1) is 14.5. The predicted octanol–water partition coefficient (Wildman–Crippen LogP) is 3.22. The molecule has 3 aromatic rings. The van der Waals surface area contributed by atoms with Gasteiger partial charge in [0.15, 0.2) is 16.9 Å². The monoisotopic (exact) mass is 425 g/mol. The van der Waals surface area contributed by atoms with Crippen molar-refractivity contribution in [3.63, 3.8) is 0 Å². The van der Waals surface area contributed by atoms with E-state index in [1.165, 1.54) is 0 Å². The Hall–Kier alpha value is -3.03. The van der Waals surface area contributed by atoms with Crippen molar-refractivity contribution in [2.75, 3.05) is 25.2 Å². The van der Waals surface area contributed by atoms with Crippen LogP contribution in [0.2, 0.25) is 5.02 Å².